The van der Waals surface area contributed by atoms with Crippen LogP contribution in [0.4, 0.5) is 0 Å². The van der Waals surface area contributed by atoms with Crippen molar-refractivity contribution in [3.63, 3.8) is 0 Å². The van der Waals surface area contributed by atoms with E-state index in [9.17, 15) is 4.79 Å². The second-order valence-corrected chi connectivity index (χ2v) is 9.14. The minimum Gasteiger partial charge on any atom is -0.491 e. The van der Waals surface area contributed by atoms with E-state index >= 15 is 0 Å². The van der Waals surface area contributed by atoms with E-state index in [4.69, 9.17) is 14.0 Å². The molecule has 6 nitrogen and oxygen atoms in total. The van der Waals surface area contributed by atoms with Crippen LogP contribution in [0.3, 0.4) is 0 Å². The molecule has 0 radical (unpaired) electrons. The van der Waals surface area contributed by atoms with Crippen molar-refractivity contribution in [1.29, 1.82) is 0 Å². The van der Waals surface area contributed by atoms with Crippen LogP contribution in [0.1, 0.15) is 84.0 Å². The Kier molecular flexibility index (Phi) is 5.99. The number of fused-ring (bicyclic) bond motifs is 2. The summed E-state index contributed by atoms with van der Waals surface area (Å²) >= 11 is 0. The lowest BCUT2D eigenvalue weighted by Crippen LogP contribution is -2.33. The zero-order valence-electron chi connectivity index (χ0n) is 18.4. The molecule has 1 aromatic heterocycles. The molecule has 1 fully saturated rings. The second-order valence-electron chi connectivity index (χ2n) is 9.14. The van der Waals surface area contributed by atoms with Crippen LogP contribution < -0.4 is 4.74 Å². The zero-order valence-corrected chi connectivity index (χ0v) is 18.4. The molecule has 0 spiro atoms. The number of aromatic nitrogens is 1. The minimum atomic E-state index is -0.0759. The van der Waals surface area contributed by atoms with Crippen LogP contribution in [0.5, 0.6) is 5.75 Å². The maximum atomic E-state index is 13.3. The molecule has 1 atom stereocenters. The summed E-state index contributed by atoms with van der Waals surface area (Å²) in [5, 5.41) is 4.17. The third kappa shape index (κ3) is 4.10. The van der Waals surface area contributed by atoms with Crippen molar-refractivity contribution in [3.8, 4) is 5.75 Å². The van der Waals surface area contributed by atoms with Gasteiger partial charge in [0.1, 0.15) is 12.4 Å². The van der Waals surface area contributed by atoms with Gasteiger partial charge in [-0.1, -0.05) is 30.5 Å². The number of benzene rings is 1. The number of aryl methyl sites for hydroxylation is 1. The first-order valence-corrected chi connectivity index (χ1v) is 11.8. The highest BCUT2D eigenvalue weighted by Crippen LogP contribution is 2.38. The van der Waals surface area contributed by atoms with Gasteiger partial charge in [-0.05, 0) is 62.1 Å². The Hall–Kier alpha value is -2.34. The third-order valence-electron chi connectivity index (χ3n) is 7.17. The standard InChI is InChI=1S/C25H32N2O4/c1-29-23(17-7-3-2-4-8-17)18-11-12-22-19(15-18)16-27(13-14-30-22)25(28)24-20-9-5-6-10-21(20)26-31-24/h11-12,15,17,23H,2-10,13-14,16H2,1H3/t23-/m0/s1. The number of carbonyl (C=O) groups excluding carboxylic acids is 1. The molecule has 166 valence electrons. The summed E-state index contributed by atoms with van der Waals surface area (Å²) in [7, 11) is 1.81. The first-order valence-electron chi connectivity index (χ1n) is 11.8. The smallest absolute Gasteiger partial charge is 0.293 e. The number of methoxy groups -OCH3 is 1. The topological polar surface area (TPSA) is 64.8 Å². The average molecular weight is 425 g/mol. The molecule has 2 heterocycles. The SMILES string of the molecule is CO[C@H](c1ccc2c(c1)CN(C(=O)c1onc3c1CCCC3)CCO2)C1CCCCC1. The molecule has 6 heteroatoms. The first-order chi connectivity index (χ1) is 15.2. The van der Waals surface area contributed by atoms with E-state index in [0.717, 1.165) is 48.3 Å². The van der Waals surface area contributed by atoms with E-state index in [-0.39, 0.29) is 12.0 Å². The molecule has 5 rings (SSSR count). The van der Waals surface area contributed by atoms with E-state index in [2.05, 4.69) is 17.3 Å². The van der Waals surface area contributed by atoms with Gasteiger partial charge in [0, 0.05) is 24.8 Å². The van der Waals surface area contributed by atoms with Crippen molar-refractivity contribution in [2.24, 2.45) is 5.92 Å². The lowest BCUT2D eigenvalue weighted by atomic mass is 9.82. The largest absolute Gasteiger partial charge is 0.491 e. The van der Waals surface area contributed by atoms with Crippen molar-refractivity contribution in [2.45, 2.75) is 70.4 Å². The van der Waals surface area contributed by atoms with E-state index < -0.39 is 0 Å². The van der Waals surface area contributed by atoms with Crippen molar-refractivity contribution in [1.82, 2.24) is 10.1 Å². The van der Waals surface area contributed by atoms with Crippen LogP contribution in [-0.4, -0.2) is 36.2 Å². The van der Waals surface area contributed by atoms with Gasteiger partial charge < -0.3 is 18.9 Å². The van der Waals surface area contributed by atoms with E-state index in [0.29, 0.717) is 31.4 Å². The van der Waals surface area contributed by atoms with Gasteiger partial charge in [-0.15, -0.1) is 0 Å². The number of nitrogens with zero attached hydrogens (tertiary/aromatic N) is 2. The Labute approximate surface area is 183 Å². The molecule has 31 heavy (non-hydrogen) atoms. The third-order valence-corrected chi connectivity index (χ3v) is 7.17. The Morgan fingerprint density at radius 1 is 1.16 bits per heavy atom. The van der Waals surface area contributed by atoms with Crippen molar-refractivity contribution >= 4 is 5.91 Å². The summed E-state index contributed by atoms with van der Waals surface area (Å²) in [6.07, 6.45) is 10.4. The van der Waals surface area contributed by atoms with Crippen molar-refractivity contribution in [3.05, 3.63) is 46.3 Å². The molecule has 0 unspecified atom stereocenters. The first kappa shape index (κ1) is 20.6. The highest BCUT2D eigenvalue weighted by Gasteiger charge is 2.30. The Balaban J connectivity index is 1.39. The molecular formula is C25H32N2O4. The van der Waals surface area contributed by atoms with Crippen molar-refractivity contribution < 1.29 is 18.8 Å². The van der Waals surface area contributed by atoms with Crippen LogP contribution in [0.2, 0.25) is 0 Å². The van der Waals surface area contributed by atoms with Gasteiger partial charge in [0.25, 0.3) is 5.91 Å². The van der Waals surface area contributed by atoms with Crippen LogP contribution in [-0.2, 0) is 24.1 Å². The molecule has 0 bridgehead atoms. The van der Waals surface area contributed by atoms with Crippen LogP contribution in [0.25, 0.3) is 0 Å². The fourth-order valence-electron chi connectivity index (χ4n) is 5.50. The van der Waals surface area contributed by atoms with E-state index in [1.54, 1.807) is 0 Å². The Morgan fingerprint density at radius 3 is 2.84 bits per heavy atom. The van der Waals surface area contributed by atoms with Crippen LogP contribution in [0, 0.1) is 5.92 Å². The van der Waals surface area contributed by atoms with Gasteiger partial charge in [0.05, 0.1) is 18.3 Å². The number of carbonyl (C=O) groups is 1. The molecule has 0 N–H and O–H groups in total. The minimum absolute atomic E-state index is 0.0759. The highest BCUT2D eigenvalue weighted by atomic mass is 16.5. The molecule has 0 saturated heterocycles. The van der Waals surface area contributed by atoms with Crippen LogP contribution in [0.15, 0.2) is 22.7 Å². The second kappa shape index (κ2) is 9.03. The van der Waals surface area contributed by atoms with Crippen molar-refractivity contribution in [2.75, 3.05) is 20.3 Å². The number of hydrogen-bond donors (Lipinski definition) is 0. The molecule has 1 saturated carbocycles. The van der Waals surface area contributed by atoms with Gasteiger partial charge in [0.2, 0.25) is 5.76 Å². The molecule has 2 aliphatic carbocycles. The fourth-order valence-corrected chi connectivity index (χ4v) is 5.50. The van der Waals surface area contributed by atoms with Gasteiger partial charge in [-0.3, -0.25) is 4.79 Å². The number of rotatable bonds is 4. The molecule has 1 aliphatic heterocycles. The number of ether oxygens (including phenoxy) is 2. The van der Waals surface area contributed by atoms with Crippen LogP contribution >= 0.6 is 0 Å². The quantitative estimate of drug-likeness (QED) is 0.702. The Bertz CT molecular complexity index is 932. The molecule has 3 aliphatic rings. The predicted octanol–water partition coefficient (Wildman–Crippen LogP) is 4.86. The number of hydrogen-bond acceptors (Lipinski definition) is 5. The van der Waals surface area contributed by atoms with Gasteiger partial charge in [0.15, 0.2) is 0 Å². The summed E-state index contributed by atoms with van der Waals surface area (Å²) in [5.74, 6) is 1.76. The maximum Gasteiger partial charge on any atom is 0.293 e. The fraction of sp³-hybridized carbons (Fsp3) is 0.600. The molecule has 2 aromatic rings. The summed E-state index contributed by atoms with van der Waals surface area (Å²) in [6, 6.07) is 6.36. The molecule has 1 amide bonds. The predicted molar refractivity (Wildman–Crippen MR) is 116 cm³/mol. The number of amides is 1. The summed E-state index contributed by atoms with van der Waals surface area (Å²) < 4.78 is 17.5. The normalized spacial score (nSPS) is 20.4. The summed E-state index contributed by atoms with van der Waals surface area (Å²) in [6.45, 7) is 1.53. The monoisotopic (exact) mass is 424 g/mol. The Morgan fingerprint density at radius 2 is 2.00 bits per heavy atom. The van der Waals surface area contributed by atoms with E-state index in [1.165, 1.54) is 37.7 Å². The van der Waals surface area contributed by atoms with E-state index in [1.807, 2.05) is 18.1 Å². The lowest BCUT2D eigenvalue weighted by Gasteiger charge is -2.30. The highest BCUT2D eigenvalue weighted by molar-refractivity contribution is 5.93. The summed E-state index contributed by atoms with van der Waals surface area (Å²) in [5.41, 5.74) is 4.18. The molecule has 1 aromatic carbocycles. The lowest BCUT2D eigenvalue weighted by molar-refractivity contribution is 0.0353. The summed E-state index contributed by atoms with van der Waals surface area (Å²) in [4.78, 5) is 15.2. The van der Waals surface area contributed by atoms with Gasteiger partial charge in [-0.2, -0.15) is 0 Å². The average Bonchev–Trinajstić information content (AvgIpc) is 3.12. The van der Waals surface area contributed by atoms with Gasteiger partial charge >= 0.3 is 0 Å². The van der Waals surface area contributed by atoms with Gasteiger partial charge in [-0.25, -0.2) is 0 Å². The maximum absolute atomic E-state index is 13.3. The molecular weight excluding hydrogens is 392 g/mol. The zero-order chi connectivity index (χ0) is 21.2.